The Morgan fingerprint density at radius 1 is 1.02 bits per heavy atom. The Kier molecular flexibility index (Phi) is 5.26. The lowest BCUT2D eigenvalue weighted by molar-refractivity contribution is -0.175. The summed E-state index contributed by atoms with van der Waals surface area (Å²) in [6.07, 6.45) is 0.338. The first-order valence-corrected chi connectivity index (χ1v) is 13.6. The number of carbonyl (C=O) groups excluding carboxylic acids is 6. The molecule has 1 fully saturated rings. The van der Waals surface area contributed by atoms with Gasteiger partial charge in [0.2, 0.25) is 17.0 Å². The minimum Gasteiger partial charge on any atom is -0.507 e. The molecule has 0 aromatic heterocycles. The highest BCUT2D eigenvalue weighted by molar-refractivity contribution is 6.32. The molecule has 2 aromatic rings. The number of ether oxygens (including phenoxy) is 3. The van der Waals surface area contributed by atoms with Gasteiger partial charge >= 0.3 is 11.9 Å². The number of aryl methyl sites for hydroxylation is 1. The van der Waals surface area contributed by atoms with Crippen molar-refractivity contribution in [1.29, 1.82) is 0 Å². The number of fused-ring (bicyclic) bond motifs is 2. The zero-order valence-electron chi connectivity index (χ0n) is 22.9. The zero-order valence-corrected chi connectivity index (χ0v) is 22.9. The van der Waals surface area contributed by atoms with Crippen LogP contribution in [0.25, 0.3) is 0 Å². The van der Waals surface area contributed by atoms with Crippen molar-refractivity contribution < 1.29 is 58.3 Å². The smallest absolute Gasteiger partial charge is 0.354 e. The highest BCUT2D eigenvalue weighted by Gasteiger charge is 2.71. The highest BCUT2D eigenvalue weighted by atomic mass is 16.6. The molecule has 1 spiro atoms. The van der Waals surface area contributed by atoms with Crippen LogP contribution in [0.2, 0.25) is 0 Å². The summed E-state index contributed by atoms with van der Waals surface area (Å²) in [6.45, 7) is 1.60. The van der Waals surface area contributed by atoms with Crippen LogP contribution in [0, 0.1) is 12.3 Å². The van der Waals surface area contributed by atoms with Crippen molar-refractivity contribution in [3.63, 3.8) is 0 Å². The average molecular weight is 589 g/mol. The van der Waals surface area contributed by atoms with Gasteiger partial charge in [0.15, 0.2) is 23.5 Å². The molecule has 43 heavy (non-hydrogen) atoms. The zero-order chi connectivity index (χ0) is 30.8. The lowest BCUT2D eigenvalue weighted by Crippen LogP contribution is -2.67. The van der Waals surface area contributed by atoms with E-state index in [1.807, 2.05) is 0 Å². The third-order valence-corrected chi connectivity index (χ3v) is 9.42. The van der Waals surface area contributed by atoms with Gasteiger partial charge in [-0.3, -0.25) is 24.0 Å². The number of cyclic esters (lactones) is 1. The molecular weight excluding hydrogens is 564 g/mol. The van der Waals surface area contributed by atoms with Crippen molar-refractivity contribution in [3.8, 4) is 17.2 Å². The van der Waals surface area contributed by atoms with E-state index in [0.29, 0.717) is 5.56 Å². The van der Waals surface area contributed by atoms with Crippen molar-refractivity contribution in [3.05, 3.63) is 63.7 Å². The van der Waals surface area contributed by atoms with Gasteiger partial charge in [0, 0.05) is 17.5 Å². The SMILES string of the molecule is COC(=O)[C@]1(C2CCC(=O)O2)CC(=O)c2c(cc3c(c2O)C2C=CC4(C3)C(=O)c3cc(C)cc(O)c3C(=O)[C@@]4(O)C2=O)O1. The summed E-state index contributed by atoms with van der Waals surface area (Å²) in [5.41, 5.74) is -7.69. The van der Waals surface area contributed by atoms with E-state index in [2.05, 4.69) is 0 Å². The van der Waals surface area contributed by atoms with Crippen LogP contribution in [0.1, 0.15) is 72.9 Å². The Morgan fingerprint density at radius 2 is 1.77 bits per heavy atom. The predicted molar refractivity (Wildman–Crippen MR) is 141 cm³/mol. The van der Waals surface area contributed by atoms with Crippen LogP contribution in [-0.2, 0) is 30.3 Å². The number of rotatable bonds is 2. The first-order valence-electron chi connectivity index (χ1n) is 13.6. The summed E-state index contributed by atoms with van der Waals surface area (Å²) in [5, 5.41) is 34.1. The summed E-state index contributed by atoms with van der Waals surface area (Å²) >= 11 is 0. The van der Waals surface area contributed by atoms with Crippen LogP contribution in [0.5, 0.6) is 17.2 Å². The number of esters is 2. The lowest BCUT2D eigenvalue weighted by atomic mass is 9.54. The van der Waals surface area contributed by atoms with Crippen molar-refractivity contribution in [1.82, 2.24) is 0 Å². The van der Waals surface area contributed by atoms with Crippen LogP contribution < -0.4 is 4.74 Å². The van der Waals surface area contributed by atoms with Gasteiger partial charge in [-0.15, -0.1) is 0 Å². The summed E-state index contributed by atoms with van der Waals surface area (Å²) in [7, 11) is 1.08. The molecule has 4 aliphatic carbocycles. The van der Waals surface area contributed by atoms with Crippen LogP contribution >= 0.6 is 0 Å². The number of aromatic hydroxyl groups is 2. The number of Topliss-reactive ketones (excluding diaryl/α,β-unsaturated/α-hetero) is 4. The third-order valence-electron chi connectivity index (χ3n) is 9.42. The number of carbonyl (C=O) groups is 6. The minimum absolute atomic E-state index is 0.0214. The number of hydrogen-bond acceptors (Lipinski definition) is 12. The molecule has 12 heteroatoms. The largest absolute Gasteiger partial charge is 0.507 e. The fourth-order valence-corrected chi connectivity index (χ4v) is 7.43. The molecule has 12 nitrogen and oxygen atoms in total. The Morgan fingerprint density at radius 3 is 2.44 bits per heavy atom. The maximum Gasteiger partial charge on any atom is 0.354 e. The molecule has 2 heterocycles. The number of benzene rings is 2. The van der Waals surface area contributed by atoms with E-state index >= 15 is 0 Å². The standard InChI is InChI=1S/C31H24O12/c1-12-7-15-22(16(32)8-12)27(38)31(40)26(37)14-5-6-29(31,25(15)36)10-13-9-18-23(24(35)21(13)14)17(33)11-30(43-18,28(39)41-2)19-3-4-20(34)42-19/h5-9,14,19,32,35,40H,3-4,10-11H2,1-2H3/t14?,19?,29?,30-,31+/m1/s1. The molecule has 0 radical (unpaired) electrons. The van der Waals surface area contributed by atoms with Crippen molar-refractivity contribution in [2.24, 2.45) is 5.41 Å². The maximum absolute atomic E-state index is 14.2. The summed E-state index contributed by atoms with van der Waals surface area (Å²) < 4.78 is 16.3. The van der Waals surface area contributed by atoms with E-state index in [4.69, 9.17) is 14.2 Å². The maximum atomic E-state index is 14.2. The Balaban J connectivity index is 1.44. The molecular formula is C31H24O12. The van der Waals surface area contributed by atoms with Gasteiger partial charge < -0.3 is 29.5 Å². The van der Waals surface area contributed by atoms with Crippen LogP contribution in [0.15, 0.2) is 30.4 Å². The van der Waals surface area contributed by atoms with E-state index in [0.717, 1.165) is 7.11 Å². The molecule has 6 aliphatic rings. The molecule has 0 amide bonds. The van der Waals surface area contributed by atoms with E-state index in [-0.39, 0.29) is 40.8 Å². The summed E-state index contributed by atoms with van der Waals surface area (Å²) in [4.78, 5) is 80.6. The third kappa shape index (κ3) is 3.08. The Labute approximate surface area is 242 Å². The fraction of sp³-hybridized carbons (Fsp3) is 0.355. The van der Waals surface area contributed by atoms with Gasteiger partial charge in [0.05, 0.1) is 30.4 Å². The van der Waals surface area contributed by atoms with Gasteiger partial charge in [-0.05, 0) is 49.1 Å². The van der Waals surface area contributed by atoms with E-state index in [1.165, 1.54) is 30.4 Å². The van der Waals surface area contributed by atoms with Gasteiger partial charge in [0.25, 0.3) is 0 Å². The van der Waals surface area contributed by atoms with Gasteiger partial charge in [-0.1, -0.05) is 12.2 Å². The monoisotopic (exact) mass is 588 g/mol. The number of hydrogen-bond donors (Lipinski definition) is 3. The first-order chi connectivity index (χ1) is 20.3. The molecule has 3 unspecified atom stereocenters. The topological polar surface area (TPSA) is 191 Å². The number of aliphatic hydroxyl groups is 1. The van der Waals surface area contributed by atoms with E-state index in [9.17, 15) is 44.1 Å². The summed E-state index contributed by atoms with van der Waals surface area (Å²) in [5.74, 6) is -8.34. The van der Waals surface area contributed by atoms with Crippen LogP contribution in [-0.4, -0.2) is 74.8 Å². The van der Waals surface area contributed by atoms with Gasteiger partial charge in [-0.25, -0.2) is 4.79 Å². The van der Waals surface area contributed by atoms with E-state index in [1.54, 1.807) is 6.92 Å². The molecule has 5 atom stereocenters. The quantitative estimate of drug-likeness (QED) is 0.261. The minimum atomic E-state index is -2.94. The predicted octanol–water partition coefficient (Wildman–Crippen LogP) is 1.56. The van der Waals surface area contributed by atoms with Crippen molar-refractivity contribution in [2.75, 3.05) is 7.11 Å². The summed E-state index contributed by atoms with van der Waals surface area (Å²) in [6, 6.07) is 3.92. The highest BCUT2D eigenvalue weighted by Crippen LogP contribution is 2.59. The fourth-order valence-electron chi connectivity index (χ4n) is 7.43. The normalized spacial score (nSPS) is 31.8. The molecule has 1 saturated heterocycles. The number of phenols is 2. The molecule has 2 aliphatic heterocycles. The second-order valence-corrected chi connectivity index (χ2v) is 11.7. The Hall–Kier alpha value is -4.84. The Bertz CT molecular complexity index is 1800. The second kappa shape index (κ2) is 8.38. The molecule has 220 valence electrons. The molecule has 2 bridgehead atoms. The number of allylic oxidation sites excluding steroid dienone is 1. The van der Waals surface area contributed by atoms with Crippen molar-refractivity contribution in [2.45, 2.75) is 55.8 Å². The van der Waals surface area contributed by atoms with Gasteiger partial charge in [-0.2, -0.15) is 0 Å². The number of methoxy groups -OCH3 is 1. The van der Waals surface area contributed by atoms with E-state index < -0.39 is 93.6 Å². The van der Waals surface area contributed by atoms with Gasteiger partial charge in [0.1, 0.15) is 22.8 Å². The molecule has 8 rings (SSSR count). The number of ketones is 4. The average Bonchev–Trinajstić information content (AvgIpc) is 3.29. The lowest BCUT2D eigenvalue weighted by Gasteiger charge is -2.47. The second-order valence-electron chi connectivity index (χ2n) is 11.7. The first kappa shape index (κ1) is 27.0. The van der Waals surface area contributed by atoms with Crippen LogP contribution in [0.4, 0.5) is 0 Å². The molecule has 3 N–H and O–H groups in total. The molecule has 0 saturated carbocycles. The van der Waals surface area contributed by atoms with Crippen molar-refractivity contribution >= 4 is 35.1 Å². The molecule has 2 aromatic carbocycles. The van der Waals surface area contributed by atoms with Crippen LogP contribution in [0.3, 0.4) is 0 Å². The number of phenolic OH excluding ortho intramolecular Hbond substituents is 2.